The number of rotatable bonds is 3. The van der Waals surface area contributed by atoms with Crippen LogP contribution >= 0.6 is 34.8 Å². The third kappa shape index (κ3) is 3.52. The molecule has 21 heavy (non-hydrogen) atoms. The fourth-order valence-corrected chi connectivity index (χ4v) is 3.56. The summed E-state index contributed by atoms with van der Waals surface area (Å²) in [6, 6.07) is 5.27. The van der Waals surface area contributed by atoms with Gasteiger partial charge in [0, 0.05) is 0 Å². The molecule has 0 aromatic heterocycles. The van der Waals surface area contributed by atoms with Gasteiger partial charge in [-0.3, -0.25) is 4.72 Å². The Morgan fingerprint density at radius 1 is 1.00 bits per heavy atom. The van der Waals surface area contributed by atoms with Crippen LogP contribution in [0.1, 0.15) is 0 Å². The van der Waals surface area contributed by atoms with E-state index in [2.05, 4.69) is 4.72 Å². The van der Waals surface area contributed by atoms with Crippen LogP contribution in [0, 0.1) is 5.82 Å². The zero-order chi connectivity index (χ0) is 15.8. The van der Waals surface area contributed by atoms with Gasteiger partial charge in [0.15, 0.2) is 5.75 Å². The van der Waals surface area contributed by atoms with Crippen LogP contribution in [0.3, 0.4) is 0 Å². The highest BCUT2D eigenvalue weighted by Crippen LogP contribution is 2.35. The predicted molar refractivity (Wildman–Crippen MR) is 80.3 cm³/mol. The molecule has 0 saturated heterocycles. The number of nitrogens with one attached hydrogen (secondary N) is 1. The van der Waals surface area contributed by atoms with E-state index in [4.69, 9.17) is 34.8 Å². The zero-order valence-corrected chi connectivity index (χ0v) is 13.2. The summed E-state index contributed by atoms with van der Waals surface area (Å²) in [4.78, 5) is -0.426. The molecule has 0 heterocycles. The standard InChI is InChI=1S/C12H7Cl3FNO3S/c13-8-2-1-6(16)3-11(8)21(19,20)17-7-4-9(14)12(18)10(15)5-7/h1-5,17-18H. The van der Waals surface area contributed by atoms with E-state index in [1.165, 1.54) is 0 Å². The first kappa shape index (κ1) is 16.2. The Balaban J connectivity index is 2.45. The van der Waals surface area contributed by atoms with E-state index in [0.717, 1.165) is 30.3 Å². The largest absolute Gasteiger partial charge is 0.505 e. The van der Waals surface area contributed by atoms with E-state index in [-0.39, 0.29) is 26.5 Å². The summed E-state index contributed by atoms with van der Waals surface area (Å²) in [7, 11) is -4.13. The summed E-state index contributed by atoms with van der Waals surface area (Å²) in [6.07, 6.45) is 0. The average molecular weight is 371 g/mol. The van der Waals surface area contributed by atoms with Crippen molar-refractivity contribution in [3.8, 4) is 5.75 Å². The molecule has 0 unspecified atom stereocenters. The molecule has 0 aliphatic heterocycles. The SMILES string of the molecule is O=S(=O)(Nc1cc(Cl)c(O)c(Cl)c1)c1cc(F)ccc1Cl. The van der Waals surface area contributed by atoms with Gasteiger partial charge in [0.25, 0.3) is 10.0 Å². The number of anilines is 1. The van der Waals surface area contributed by atoms with Gasteiger partial charge in [0.2, 0.25) is 0 Å². The average Bonchev–Trinajstić information content (AvgIpc) is 2.38. The number of benzene rings is 2. The molecule has 0 radical (unpaired) electrons. The third-order valence-electron chi connectivity index (χ3n) is 2.45. The normalized spacial score (nSPS) is 11.4. The second-order valence-electron chi connectivity index (χ2n) is 3.97. The fourth-order valence-electron chi connectivity index (χ4n) is 1.52. The number of phenols is 1. The van der Waals surface area contributed by atoms with Crippen LogP contribution in [0.4, 0.5) is 10.1 Å². The van der Waals surface area contributed by atoms with Gasteiger partial charge in [0.05, 0.1) is 20.8 Å². The Morgan fingerprint density at radius 3 is 2.14 bits per heavy atom. The van der Waals surface area contributed by atoms with E-state index < -0.39 is 20.7 Å². The molecular weight excluding hydrogens is 364 g/mol. The molecule has 0 atom stereocenters. The van der Waals surface area contributed by atoms with E-state index in [1.807, 2.05) is 0 Å². The molecule has 9 heteroatoms. The number of halogens is 4. The maximum absolute atomic E-state index is 13.2. The zero-order valence-electron chi connectivity index (χ0n) is 10.1. The van der Waals surface area contributed by atoms with Crippen LogP contribution in [-0.4, -0.2) is 13.5 Å². The van der Waals surface area contributed by atoms with Gasteiger partial charge in [-0.1, -0.05) is 34.8 Å². The lowest BCUT2D eigenvalue weighted by molar-refractivity contribution is 0.476. The van der Waals surface area contributed by atoms with Crippen LogP contribution in [-0.2, 0) is 10.0 Å². The van der Waals surface area contributed by atoms with Crippen LogP contribution in [0.5, 0.6) is 5.75 Å². The first-order chi connectivity index (χ1) is 9.70. The Hall–Kier alpha value is -1.21. The summed E-state index contributed by atoms with van der Waals surface area (Å²) in [6.45, 7) is 0. The topological polar surface area (TPSA) is 66.4 Å². The predicted octanol–water partition coefficient (Wildman–Crippen LogP) is 4.29. The summed E-state index contributed by atoms with van der Waals surface area (Å²) < 4.78 is 39.7. The molecule has 112 valence electrons. The van der Waals surface area contributed by atoms with Crippen molar-refractivity contribution in [1.29, 1.82) is 0 Å². The first-order valence-electron chi connectivity index (χ1n) is 5.36. The second kappa shape index (κ2) is 5.88. The van der Waals surface area contributed by atoms with Gasteiger partial charge >= 0.3 is 0 Å². The van der Waals surface area contributed by atoms with Gasteiger partial charge in [-0.2, -0.15) is 0 Å². The van der Waals surface area contributed by atoms with Crippen LogP contribution in [0.2, 0.25) is 15.1 Å². The van der Waals surface area contributed by atoms with E-state index in [0.29, 0.717) is 0 Å². The maximum Gasteiger partial charge on any atom is 0.263 e. The lowest BCUT2D eigenvalue weighted by Gasteiger charge is -2.11. The van der Waals surface area contributed by atoms with Crippen LogP contribution < -0.4 is 4.72 Å². The number of sulfonamides is 1. The highest BCUT2D eigenvalue weighted by atomic mass is 35.5. The summed E-state index contributed by atoms with van der Waals surface area (Å²) in [5, 5.41) is 9.01. The van der Waals surface area contributed by atoms with Crippen molar-refractivity contribution in [1.82, 2.24) is 0 Å². The lowest BCUT2D eigenvalue weighted by atomic mass is 10.3. The Morgan fingerprint density at radius 2 is 1.57 bits per heavy atom. The number of phenolic OH excluding ortho intramolecular Hbond substituents is 1. The first-order valence-corrected chi connectivity index (χ1v) is 7.98. The highest BCUT2D eigenvalue weighted by Gasteiger charge is 2.20. The summed E-state index contributed by atoms with van der Waals surface area (Å²) in [5.41, 5.74) is 0.00290. The second-order valence-corrected chi connectivity index (χ2v) is 6.84. The van der Waals surface area contributed by atoms with E-state index >= 15 is 0 Å². The minimum atomic E-state index is -4.13. The van der Waals surface area contributed by atoms with Gasteiger partial charge in [0.1, 0.15) is 10.7 Å². The molecule has 0 aliphatic rings. The maximum atomic E-state index is 13.2. The number of hydrogen-bond donors (Lipinski definition) is 2. The number of hydrogen-bond acceptors (Lipinski definition) is 3. The van der Waals surface area contributed by atoms with Crippen molar-refractivity contribution in [2.75, 3.05) is 4.72 Å². The Labute approximate surface area is 135 Å². The summed E-state index contributed by atoms with van der Waals surface area (Å²) in [5.74, 6) is -1.12. The van der Waals surface area contributed by atoms with Crippen LogP contribution in [0.25, 0.3) is 0 Å². The van der Waals surface area contributed by atoms with E-state index in [9.17, 15) is 17.9 Å². The summed E-state index contributed by atoms with van der Waals surface area (Å²) >= 11 is 17.1. The quantitative estimate of drug-likeness (QED) is 0.792. The Kier molecular flexibility index (Phi) is 4.53. The monoisotopic (exact) mass is 369 g/mol. The van der Waals surface area contributed by atoms with Crippen molar-refractivity contribution in [2.45, 2.75) is 4.90 Å². The van der Waals surface area contributed by atoms with Gasteiger partial charge in [-0.25, -0.2) is 12.8 Å². The molecule has 0 saturated carbocycles. The molecule has 0 aliphatic carbocycles. The van der Waals surface area contributed by atoms with Crippen molar-refractivity contribution in [3.63, 3.8) is 0 Å². The minimum Gasteiger partial charge on any atom is -0.505 e. The van der Waals surface area contributed by atoms with Gasteiger partial charge in [-0.15, -0.1) is 0 Å². The van der Waals surface area contributed by atoms with Gasteiger partial charge in [-0.05, 0) is 30.3 Å². The van der Waals surface area contributed by atoms with Crippen LogP contribution in [0.15, 0.2) is 35.2 Å². The minimum absolute atomic E-state index is 0.00290. The van der Waals surface area contributed by atoms with E-state index in [1.54, 1.807) is 0 Å². The molecule has 2 aromatic carbocycles. The Bertz CT molecular complexity index is 788. The molecule has 0 spiro atoms. The number of aromatic hydroxyl groups is 1. The molecule has 0 amide bonds. The molecule has 2 N–H and O–H groups in total. The fraction of sp³-hybridized carbons (Fsp3) is 0. The molecule has 2 rings (SSSR count). The molecular formula is C12H7Cl3FNO3S. The molecule has 2 aromatic rings. The van der Waals surface area contributed by atoms with Gasteiger partial charge < -0.3 is 5.11 Å². The van der Waals surface area contributed by atoms with Crippen molar-refractivity contribution < 1.29 is 17.9 Å². The molecule has 0 fully saturated rings. The van der Waals surface area contributed by atoms with Crippen molar-refractivity contribution in [2.24, 2.45) is 0 Å². The lowest BCUT2D eigenvalue weighted by Crippen LogP contribution is -2.13. The van der Waals surface area contributed by atoms with Crippen molar-refractivity contribution >= 4 is 50.5 Å². The highest BCUT2D eigenvalue weighted by molar-refractivity contribution is 7.92. The van der Waals surface area contributed by atoms with Crippen molar-refractivity contribution in [3.05, 3.63) is 51.2 Å². The molecule has 0 bridgehead atoms. The molecule has 4 nitrogen and oxygen atoms in total. The third-order valence-corrected chi connectivity index (χ3v) is 4.89. The smallest absolute Gasteiger partial charge is 0.263 e.